The molecular formula is C25H21N3O5S. The van der Waals surface area contributed by atoms with Crippen LogP contribution in [-0.2, 0) is 9.53 Å². The van der Waals surface area contributed by atoms with E-state index in [0.717, 1.165) is 40.0 Å². The number of carbonyl (C=O) groups is 3. The number of hydrogen-bond acceptors (Lipinski definition) is 6. The molecule has 3 unspecified atom stereocenters. The van der Waals surface area contributed by atoms with E-state index in [1.165, 1.54) is 6.20 Å². The maximum absolute atomic E-state index is 12.8. The van der Waals surface area contributed by atoms with Crippen LogP contribution in [0.4, 0.5) is 9.93 Å². The predicted octanol–water partition coefficient (Wildman–Crippen LogP) is 4.05. The number of aromatic nitrogens is 1. The summed E-state index contributed by atoms with van der Waals surface area (Å²) in [5.41, 5.74) is 4.56. The monoisotopic (exact) mass is 475 g/mol. The highest BCUT2D eigenvalue weighted by molar-refractivity contribution is 7.17. The van der Waals surface area contributed by atoms with Gasteiger partial charge in [-0.1, -0.05) is 59.9 Å². The van der Waals surface area contributed by atoms with Crippen molar-refractivity contribution < 1.29 is 24.2 Å². The Morgan fingerprint density at radius 3 is 2.41 bits per heavy atom. The lowest BCUT2D eigenvalue weighted by molar-refractivity contribution is -0.147. The Balaban J connectivity index is 1.09. The molecule has 2 bridgehead atoms. The minimum Gasteiger partial charge on any atom is -0.481 e. The van der Waals surface area contributed by atoms with Gasteiger partial charge in [-0.05, 0) is 34.6 Å². The molecular weight excluding hydrogens is 454 g/mol. The van der Waals surface area contributed by atoms with Crippen LogP contribution in [0, 0.1) is 11.8 Å². The van der Waals surface area contributed by atoms with E-state index in [9.17, 15) is 19.5 Å². The summed E-state index contributed by atoms with van der Waals surface area (Å²) in [7, 11) is 0. The number of aliphatic carboxylic acids is 1. The fourth-order valence-corrected chi connectivity index (χ4v) is 6.27. The van der Waals surface area contributed by atoms with E-state index in [-0.39, 0.29) is 35.5 Å². The van der Waals surface area contributed by atoms with Gasteiger partial charge in [-0.2, -0.15) is 0 Å². The van der Waals surface area contributed by atoms with Crippen LogP contribution in [0.25, 0.3) is 11.1 Å². The predicted molar refractivity (Wildman–Crippen MR) is 125 cm³/mol. The molecule has 2 aliphatic carbocycles. The number of carboxylic acid groups (broad SMARTS) is 1. The van der Waals surface area contributed by atoms with Gasteiger partial charge in [-0.25, -0.2) is 9.78 Å². The average molecular weight is 476 g/mol. The smallest absolute Gasteiger partial charge is 0.413 e. The zero-order valence-corrected chi connectivity index (χ0v) is 18.8. The third kappa shape index (κ3) is 3.27. The van der Waals surface area contributed by atoms with Gasteiger partial charge in [0, 0.05) is 18.5 Å². The first-order valence-corrected chi connectivity index (χ1v) is 11.9. The van der Waals surface area contributed by atoms with E-state index in [0.29, 0.717) is 11.4 Å². The minimum absolute atomic E-state index is 0.0257. The summed E-state index contributed by atoms with van der Waals surface area (Å²) in [5.74, 6) is -1.59. The second-order valence-electron chi connectivity index (χ2n) is 8.86. The van der Waals surface area contributed by atoms with E-state index in [4.69, 9.17) is 4.74 Å². The lowest BCUT2D eigenvalue weighted by Crippen LogP contribution is -2.45. The Labute approximate surface area is 199 Å². The number of carboxylic acids is 1. The van der Waals surface area contributed by atoms with Crippen molar-refractivity contribution in [1.82, 2.24) is 9.88 Å². The molecule has 8 nitrogen and oxygen atoms in total. The lowest BCUT2D eigenvalue weighted by atomic mass is 9.74. The van der Waals surface area contributed by atoms with Gasteiger partial charge in [0.05, 0.1) is 12.1 Å². The molecule has 9 heteroatoms. The molecule has 2 N–H and O–H groups in total. The van der Waals surface area contributed by atoms with Crippen LogP contribution in [0.2, 0.25) is 0 Å². The second-order valence-corrected chi connectivity index (χ2v) is 9.90. The number of benzene rings is 2. The van der Waals surface area contributed by atoms with E-state index in [1.807, 2.05) is 24.3 Å². The molecule has 3 heterocycles. The molecule has 3 atom stereocenters. The van der Waals surface area contributed by atoms with Crippen molar-refractivity contribution in [3.63, 3.8) is 0 Å². The number of rotatable bonds is 5. The summed E-state index contributed by atoms with van der Waals surface area (Å²) in [5, 5.41) is 12.2. The van der Waals surface area contributed by atoms with Gasteiger partial charge in [-0.3, -0.25) is 14.9 Å². The number of hydrogen-bond donors (Lipinski definition) is 2. The van der Waals surface area contributed by atoms with Gasteiger partial charge >= 0.3 is 12.1 Å². The number of nitrogens with one attached hydrogen (secondary N) is 1. The van der Waals surface area contributed by atoms with E-state index in [1.54, 1.807) is 4.90 Å². The minimum atomic E-state index is -0.849. The molecule has 0 spiro atoms. The molecule has 34 heavy (non-hydrogen) atoms. The van der Waals surface area contributed by atoms with Gasteiger partial charge in [0.2, 0.25) is 0 Å². The molecule has 3 aromatic rings. The van der Waals surface area contributed by atoms with Crippen molar-refractivity contribution in [3.05, 3.63) is 70.7 Å². The van der Waals surface area contributed by atoms with Crippen LogP contribution >= 0.6 is 11.3 Å². The normalized spacial score (nSPS) is 22.0. The number of fused-ring (bicyclic) bond motifs is 4. The summed E-state index contributed by atoms with van der Waals surface area (Å²) < 4.78 is 5.53. The molecule has 172 valence electrons. The molecule has 2 amide bonds. The largest absolute Gasteiger partial charge is 0.481 e. The highest BCUT2D eigenvalue weighted by Crippen LogP contribution is 2.47. The summed E-state index contributed by atoms with van der Waals surface area (Å²) in [6, 6.07) is 16.0. The fourth-order valence-electron chi connectivity index (χ4n) is 5.51. The highest BCUT2D eigenvalue weighted by atomic mass is 32.1. The highest BCUT2D eigenvalue weighted by Gasteiger charge is 2.57. The molecule has 2 aliphatic heterocycles. The van der Waals surface area contributed by atoms with E-state index in [2.05, 4.69) is 34.6 Å². The van der Waals surface area contributed by atoms with Crippen molar-refractivity contribution in [2.75, 3.05) is 18.5 Å². The van der Waals surface area contributed by atoms with Crippen molar-refractivity contribution >= 4 is 34.4 Å². The molecule has 2 aromatic carbocycles. The number of ether oxygens (including phenoxy) is 1. The molecule has 2 saturated heterocycles. The Morgan fingerprint density at radius 1 is 1.09 bits per heavy atom. The third-order valence-electron chi connectivity index (χ3n) is 7.11. The molecule has 0 radical (unpaired) electrons. The molecule has 1 saturated carbocycles. The summed E-state index contributed by atoms with van der Waals surface area (Å²) in [4.78, 5) is 42.8. The van der Waals surface area contributed by atoms with Crippen LogP contribution < -0.4 is 5.32 Å². The first-order chi connectivity index (χ1) is 16.5. The number of anilines is 1. The van der Waals surface area contributed by atoms with E-state index >= 15 is 0 Å². The SMILES string of the molecule is O=C(Nc1ncc(C(=O)N2CC3CC2C3C(=O)O)s1)OCC1c2ccccc2-c2ccccc21. The fraction of sp³-hybridized carbons (Fsp3) is 0.280. The first kappa shape index (κ1) is 20.9. The Hall–Kier alpha value is -3.72. The maximum Gasteiger partial charge on any atom is 0.413 e. The summed E-state index contributed by atoms with van der Waals surface area (Å²) >= 11 is 1.06. The van der Waals surface area contributed by atoms with Crippen molar-refractivity contribution in [2.24, 2.45) is 11.8 Å². The Kier molecular flexibility index (Phi) is 4.88. The number of amides is 2. The topological polar surface area (TPSA) is 109 Å². The second kappa shape index (κ2) is 7.95. The Bertz CT molecular complexity index is 1280. The summed E-state index contributed by atoms with van der Waals surface area (Å²) in [6.45, 7) is 0.637. The van der Waals surface area contributed by atoms with Crippen LogP contribution in [0.15, 0.2) is 54.7 Å². The van der Waals surface area contributed by atoms with Crippen LogP contribution in [0.3, 0.4) is 0 Å². The quantitative estimate of drug-likeness (QED) is 0.576. The van der Waals surface area contributed by atoms with E-state index < -0.39 is 18.0 Å². The molecule has 3 fully saturated rings. The number of carbonyl (C=O) groups excluding carboxylic acids is 2. The number of nitrogens with zero attached hydrogens (tertiary/aromatic N) is 2. The first-order valence-electron chi connectivity index (χ1n) is 11.1. The van der Waals surface area contributed by atoms with Gasteiger partial charge in [0.1, 0.15) is 11.5 Å². The molecule has 1 aromatic heterocycles. The average Bonchev–Trinajstić information content (AvgIpc) is 3.59. The maximum atomic E-state index is 12.8. The summed E-state index contributed by atoms with van der Waals surface area (Å²) in [6.07, 6.45) is 1.51. The van der Waals surface area contributed by atoms with Crippen molar-refractivity contribution in [3.8, 4) is 11.1 Å². The van der Waals surface area contributed by atoms with Gasteiger partial charge < -0.3 is 14.7 Å². The van der Waals surface area contributed by atoms with Gasteiger partial charge in [0.15, 0.2) is 5.13 Å². The van der Waals surface area contributed by atoms with Crippen LogP contribution in [0.5, 0.6) is 0 Å². The Morgan fingerprint density at radius 2 is 1.76 bits per heavy atom. The lowest BCUT2D eigenvalue weighted by Gasteiger charge is -2.32. The zero-order chi connectivity index (χ0) is 23.4. The zero-order valence-electron chi connectivity index (χ0n) is 18.0. The van der Waals surface area contributed by atoms with Crippen molar-refractivity contribution in [1.29, 1.82) is 0 Å². The molecule has 7 rings (SSSR count). The molecule has 4 aliphatic rings. The van der Waals surface area contributed by atoms with Gasteiger partial charge in [0.25, 0.3) is 5.91 Å². The number of thiazole rings is 1. The third-order valence-corrected chi connectivity index (χ3v) is 8.01. The van der Waals surface area contributed by atoms with Crippen LogP contribution in [-0.4, -0.2) is 52.2 Å². The van der Waals surface area contributed by atoms with Gasteiger partial charge in [-0.15, -0.1) is 0 Å². The van der Waals surface area contributed by atoms with Crippen LogP contribution in [0.1, 0.15) is 33.1 Å². The van der Waals surface area contributed by atoms with Crippen molar-refractivity contribution in [2.45, 2.75) is 18.4 Å². The standard InChI is InChI=1S/C25H21N3O5S/c29-22(28-11-13-9-19(28)21(13)23(30)31)20-10-26-24(34-20)27-25(32)33-12-18-16-7-3-1-5-14(16)15-6-2-4-8-17(15)18/h1-8,10,13,18-19,21H,9,11-12H2,(H,30,31)(H,26,27,32).